The fourth-order valence-corrected chi connectivity index (χ4v) is 2.43. The largest absolute Gasteiger partial charge is 0.493 e. The van der Waals surface area contributed by atoms with Crippen molar-refractivity contribution in [2.45, 2.75) is 20.1 Å². The second-order valence-electron chi connectivity index (χ2n) is 5.60. The molecular formula is C18H21ClF2N2O3. The van der Waals surface area contributed by atoms with Crippen molar-refractivity contribution in [1.82, 2.24) is 4.90 Å². The summed E-state index contributed by atoms with van der Waals surface area (Å²) >= 11 is 0. The first kappa shape index (κ1) is 21.5. The van der Waals surface area contributed by atoms with Crippen LogP contribution in [0.15, 0.2) is 36.4 Å². The first-order chi connectivity index (χ1) is 11.8. The highest BCUT2D eigenvalue weighted by atomic mass is 35.5. The number of anilines is 1. The van der Waals surface area contributed by atoms with E-state index in [9.17, 15) is 13.6 Å². The maximum Gasteiger partial charge on any atom is 0.387 e. The molecule has 0 atom stereocenters. The third kappa shape index (κ3) is 5.23. The van der Waals surface area contributed by atoms with Crippen LogP contribution in [0.2, 0.25) is 0 Å². The molecular weight excluding hydrogens is 366 g/mol. The number of nitrogens with two attached hydrogens (primary N) is 1. The molecule has 0 aliphatic carbocycles. The molecule has 0 saturated carbocycles. The van der Waals surface area contributed by atoms with E-state index in [0.29, 0.717) is 16.8 Å². The van der Waals surface area contributed by atoms with Crippen molar-refractivity contribution in [3.63, 3.8) is 0 Å². The molecule has 0 aromatic heterocycles. The van der Waals surface area contributed by atoms with E-state index in [1.54, 1.807) is 31.3 Å². The predicted octanol–water partition coefficient (Wildman–Crippen LogP) is 3.88. The normalized spacial score (nSPS) is 10.2. The Kier molecular flexibility index (Phi) is 7.64. The molecule has 0 bridgehead atoms. The summed E-state index contributed by atoms with van der Waals surface area (Å²) in [6.07, 6.45) is 0. The molecule has 26 heavy (non-hydrogen) atoms. The first-order valence-electron chi connectivity index (χ1n) is 7.55. The molecule has 0 saturated heterocycles. The smallest absolute Gasteiger partial charge is 0.387 e. The van der Waals surface area contributed by atoms with Crippen LogP contribution in [0.25, 0.3) is 0 Å². The molecule has 0 aliphatic rings. The summed E-state index contributed by atoms with van der Waals surface area (Å²) in [5.41, 5.74) is 8.18. The number of nitrogens with zero attached hydrogens (tertiary/aromatic N) is 1. The number of ether oxygens (including phenoxy) is 2. The summed E-state index contributed by atoms with van der Waals surface area (Å²) in [6, 6.07) is 9.76. The lowest BCUT2D eigenvalue weighted by Crippen LogP contribution is -2.27. The molecule has 2 aromatic rings. The maximum atomic E-state index is 12.6. The fraction of sp³-hybridized carbons (Fsp3) is 0.278. The van der Waals surface area contributed by atoms with Gasteiger partial charge in [0.25, 0.3) is 5.91 Å². The van der Waals surface area contributed by atoms with Gasteiger partial charge in [-0.2, -0.15) is 8.78 Å². The van der Waals surface area contributed by atoms with Gasteiger partial charge in [0, 0.05) is 24.8 Å². The van der Waals surface area contributed by atoms with Crippen molar-refractivity contribution < 1.29 is 23.0 Å². The van der Waals surface area contributed by atoms with Crippen molar-refractivity contribution in [2.24, 2.45) is 0 Å². The van der Waals surface area contributed by atoms with E-state index in [0.717, 1.165) is 5.56 Å². The lowest BCUT2D eigenvalue weighted by atomic mass is 10.1. The molecule has 0 heterocycles. The summed E-state index contributed by atoms with van der Waals surface area (Å²) in [4.78, 5) is 14.1. The van der Waals surface area contributed by atoms with Gasteiger partial charge in [-0.3, -0.25) is 4.79 Å². The van der Waals surface area contributed by atoms with Crippen LogP contribution in [0, 0.1) is 6.92 Å². The minimum Gasteiger partial charge on any atom is -0.493 e. The zero-order chi connectivity index (χ0) is 18.6. The highest BCUT2D eigenvalue weighted by Gasteiger charge is 2.17. The Labute approximate surface area is 157 Å². The molecule has 0 radical (unpaired) electrons. The molecule has 1 amide bonds. The predicted molar refractivity (Wildman–Crippen MR) is 98.3 cm³/mol. The monoisotopic (exact) mass is 386 g/mol. The van der Waals surface area contributed by atoms with E-state index in [4.69, 9.17) is 10.5 Å². The highest BCUT2D eigenvalue weighted by molar-refractivity contribution is 5.96. The number of carbonyl (C=O) groups excluding carboxylic acids is 1. The van der Waals surface area contributed by atoms with Crippen molar-refractivity contribution >= 4 is 24.0 Å². The lowest BCUT2D eigenvalue weighted by Gasteiger charge is -2.20. The van der Waals surface area contributed by atoms with Crippen LogP contribution in [0.1, 0.15) is 21.5 Å². The minimum absolute atomic E-state index is 0. The number of aryl methyl sites for hydroxylation is 1. The highest BCUT2D eigenvalue weighted by Crippen LogP contribution is 2.30. The SMILES string of the molecule is COc1ccc(CN(C)C(=O)c2cc(N)ccc2C)cc1OC(F)F.Cl. The summed E-state index contributed by atoms with van der Waals surface area (Å²) < 4.78 is 34.5. The number of methoxy groups -OCH3 is 1. The summed E-state index contributed by atoms with van der Waals surface area (Å²) in [5.74, 6) is -0.0855. The Balaban J connectivity index is 0.00000338. The number of nitrogen functional groups attached to an aromatic ring is 1. The van der Waals surface area contributed by atoms with Gasteiger partial charge in [0.2, 0.25) is 0 Å². The molecule has 0 aliphatic heterocycles. The van der Waals surface area contributed by atoms with Crippen LogP contribution in [0.4, 0.5) is 14.5 Å². The van der Waals surface area contributed by atoms with E-state index in [2.05, 4.69) is 4.74 Å². The first-order valence-corrected chi connectivity index (χ1v) is 7.55. The summed E-state index contributed by atoms with van der Waals surface area (Å²) in [7, 11) is 2.99. The standard InChI is InChI=1S/C18H20F2N2O3.ClH/c1-11-4-6-13(21)9-14(11)17(23)22(2)10-12-5-7-15(24-3)16(8-12)25-18(19)20;/h4-9,18H,10,21H2,1-3H3;1H. The van der Waals surface area contributed by atoms with Crippen LogP contribution < -0.4 is 15.2 Å². The van der Waals surface area contributed by atoms with Gasteiger partial charge in [-0.05, 0) is 42.3 Å². The van der Waals surface area contributed by atoms with Crippen LogP contribution in [-0.4, -0.2) is 31.6 Å². The average molecular weight is 387 g/mol. The molecule has 2 N–H and O–H groups in total. The number of amides is 1. The molecule has 0 unspecified atom stereocenters. The number of benzene rings is 2. The maximum absolute atomic E-state index is 12.6. The zero-order valence-corrected chi connectivity index (χ0v) is 15.5. The van der Waals surface area contributed by atoms with E-state index < -0.39 is 6.61 Å². The Bertz CT molecular complexity index is 772. The van der Waals surface area contributed by atoms with Crippen LogP contribution in [0.5, 0.6) is 11.5 Å². The molecule has 2 rings (SSSR count). The van der Waals surface area contributed by atoms with Gasteiger partial charge in [0.15, 0.2) is 11.5 Å². The third-order valence-electron chi connectivity index (χ3n) is 3.70. The number of hydrogen-bond donors (Lipinski definition) is 1. The Morgan fingerprint density at radius 1 is 1.19 bits per heavy atom. The van der Waals surface area contributed by atoms with Crippen molar-refractivity contribution in [3.05, 3.63) is 53.1 Å². The zero-order valence-electron chi connectivity index (χ0n) is 14.7. The van der Waals surface area contributed by atoms with Gasteiger partial charge in [-0.25, -0.2) is 0 Å². The van der Waals surface area contributed by atoms with Gasteiger partial charge in [-0.1, -0.05) is 12.1 Å². The van der Waals surface area contributed by atoms with Crippen LogP contribution in [0.3, 0.4) is 0 Å². The number of halogens is 3. The second kappa shape index (κ2) is 9.24. The second-order valence-corrected chi connectivity index (χ2v) is 5.60. The van der Waals surface area contributed by atoms with E-state index in [1.807, 2.05) is 6.92 Å². The van der Waals surface area contributed by atoms with Crippen molar-refractivity contribution in [1.29, 1.82) is 0 Å². The van der Waals surface area contributed by atoms with E-state index in [1.165, 1.54) is 24.1 Å². The summed E-state index contributed by atoms with van der Waals surface area (Å²) in [5, 5.41) is 0. The number of hydrogen-bond acceptors (Lipinski definition) is 4. The van der Waals surface area contributed by atoms with Gasteiger partial charge in [0.05, 0.1) is 7.11 Å². The average Bonchev–Trinajstić information content (AvgIpc) is 2.56. The third-order valence-corrected chi connectivity index (χ3v) is 3.70. The van der Waals surface area contributed by atoms with Gasteiger partial charge < -0.3 is 20.1 Å². The quantitative estimate of drug-likeness (QED) is 0.765. The van der Waals surface area contributed by atoms with Crippen molar-refractivity contribution in [2.75, 3.05) is 19.9 Å². The molecule has 5 nitrogen and oxygen atoms in total. The molecule has 2 aromatic carbocycles. The molecule has 0 spiro atoms. The van der Waals surface area contributed by atoms with E-state index in [-0.39, 0.29) is 36.4 Å². The number of rotatable bonds is 6. The van der Waals surface area contributed by atoms with Crippen LogP contribution in [-0.2, 0) is 6.54 Å². The number of alkyl halides is 2. The molecule has 142 valence electrons. The van der Waals surface area contributed by atoms with Gasteiger partial charge in [0.1, 0.15) is 0 Å². The lowest BCUT2D eigenvalue weighted by molar-refractivity contribution is -0.0512. The number of carbonyl (C=O) groups is 1. The Hall–Kier alpha value is -2.54. The topological polar surface area (TPSA) is 64.8 Å². The van der Waals surface area contributed by atoms with Crippen LogP contribution >= 0.6 is 12.4 Å². The molecule has 8 heteroatoms. The minimum atomic E-state index is -2.96. The molecule has 0 fully saturated rings. The van der Waals surface area contributed by atoms with Crippen molar-refractivity contribution in [3.8, 4) is 11.5 Å². The fourth-order valence-electron chi connectivity index (χ4n) is 2.43. The van der Waals surface area contributed by atoms with Gasteiger partial charge in [-0.15, -0.1) is 12.4 Å². The Morgan fingerprint density at radius 2 is 1.88 bits per heavy atom. The summed E-state index contributed by atoms with van der Waals surface area (Å²) in [6.45, 7) is -0.919. The van der Waals surface area contributed by atoms with E-state index >= 15 is 0 Å². The Morgan fingerprint density at radius 3 is 2.50 bits per heavy atom. The van der Waals surface area contributed by atoms with Gasteiger partial charge >= 0.3 is 6.61 Å².